The standard InChI is InChI=1S/C23H26N4O5S/c1-25-12-14-26(15-13-25)33(31,32)20-5-2-4-17(16-20)23(30)24-18-8-10-19(11-9-18)27-21(28)6-3-7-22(27)29/h2,4-5,8-11,16H,3,6-7,12-15H2,1H3,(H,24,30). The first-order valence-corrected chi connectivity index (χ1v) is 12.3. The third kappa shape index (κ3) is 4.97. The Morgan fingerprint density at radius 3 is 2.18 bits per heavy atom. The van der Waals surface area contributed by atoms with Gasteiger partial charge in [-0.2, -0.15) is 4.31 Å². The second kappa shape index (κ2) is 9.42. The summed E-state index contributed by atoms with van der Waals surface area (Å²) in [6, 6.07) is 12.4. The van der Waals surface area contributed by atoms with Gasteiger partial charge in [-0.1, -0.05) is 6.07 Å². The Labute approximate surface area is 193 Å². The SMILES string of the molecule is CN1CCN(S(=O)(=O)c2cccc(C(=O)Nc3ccc(N4C(=O)CCCC4=O)cc3)c2)CC1. The van der Waals surface area contributed by atoms with Crippen molar-refractivity contribution in [3.8, 4) is 0 Å². The summed E-state index contributed by atoms with van der Waals surface area (Å²) in [5.41, 5.74) is 1.15. The second-order valence-corrected chi connectivity index (χ2v) is 10.2. The summed E-state index contributed by atoms with van der Waals surface area (Å²) >= 11 is 0. The van der Waals surface area contributed by atoms with Crippen molar-refractivity contribution >= 4 is 39.1 Å². The molecule has 0 atom stereocenters. The van der Waals surface area contributed by atoms with Gasteiger partial charge in [-0.15, -0.1) is 0 Å². The molecule has 1 N–H and O–H groups in total. The molecule has 3 amide bonds. The maximum absolute atomic E-state index is 13.0. The van der Waals surface area contributed by atoms with E-state index in [9.17, 15) is 22.8 Å². The molecule has 0 radical (unpaired) electrons. The van der Waals surface area contributed by atoms with Gasteiger partial charge in [0.2, 0.25) is 21.8 Å². The summed E-state index contributed by atoms with van der Waals surface area (Å²) in [6.07, 6.45) is 1.22. The van der Waals surface area contributed by atoms with E-state index in [1.54, 1.807) is 36.4 Å². The van der Waals surface area contributed by atoms with Crippen molar-refractivity contribution in [3.63, 3.8) is 0 Å². The zero-order valence-electron chi connectivity index (χ0n) is 18.4. The van der Waals surface area contributed by atoms with Crippen LogP contribution in [0.25, 0.3) is 0 Å². The van der Waals surface area contributed by atoms with Crippen LogP contribution in [0.1, 0.15) is 29.6 Å². The number of sulfonamides is 1. The molecule has 2 heterocycles. The van der Waals surface area contributed by atoms with Crippen LogP contribution >= 0.6 is 0 Å². The number of benzene rings is 2. The molecule has 9 nitrogen and oxygen atoms in total. The molecule has 2 aromatic rings. The van der Waals surface area contributed by atoms with Gasteiger partial charge in [-0.05, 0) is 55.9 Å². The van der Waals surface area contributed by atoms with E-state index in [0.29, 0.717) is 56.8 Å². The van der Waals surface area contributed by atoms with Gasteiger partial charge in [-0.3, -0.25) is 19.3 Å². The Hall–Kier alpha value is -3.08. The number of rotatable bonds is 5. The minimum Gasteiger partial charge on any atom is -0.322 e. The van der Waals surface area contributed by atoms with Crippen LogP contribution in [0.5, 0.6) is 0 Å². The van der Waals surface area contributed by atoms with Gasteiger partial charge < -0.3 is 10.2 Å². The van der Waals surface area contributed by atoms with Gasteiger partial charge in [0.05, 0.1) is 10.6 Å². The highest BCUT2D eigenvalue weighted by atomic mass is 32.2. The third-order valence-corrected chi connectivity index (χ3v) is 7.75. The van der Waals surface area contributed by atoms with Crippen LogP contribution in [0.3, 0.4) is 0 Å². The Balaban J connectivity index is 1.47. The summed E-state index contributed by atoms with van der Waals surface area (Å²) in [5.74, 6) is -0.925. The van der Waals surface area contributed by atoms with Gasteiger partial charge in [0.25, 0.3) is 5.91 Å². The molecule has 174 valence electrons. The number of carbonyl (C=O) groups excluding carboxylic acids is 3. The van der Waals surface area contributed by atoms with E-state index in [1.807, 2.05) is 7.05 Å². The maximum atomic E-state index is 13.0. The van der Waals surface area contributed by atoms with Crippen LogP contribution in [0, 0.1) is 0 Å². The van der Waals surface area contributed by atoms with E-state index >= 15 is 0 Å². The normalized spacial score (nSPS) is 18.4. The molecule has 2 aliphatic rings. The maximum Gasteiger partial charge on any atom is 0.255 e. The van der Waals surface area contributed by atoms with Crippen molar-refractivity contribution in [1.82, 2.24) is 9.21 Å². The molecule has 0 bridgehead atoms. The van der Waals surface area contributed by atoms with Gasteiger partial charge in [0.15, 0.2) is 0 Å². The summed E-state index contributed by atoms with van der Waals surface area (Å²) in [5, 5.41) is 2.73. The molecule has 2 fully saturated rings. The molecule has 33 heavy (non-hydrogen) atoms. The minimum atomic E-state index is -3.69. The first-order valence-electron chi connectivity index (χ1n) is 10.8. The van der Waals surface area contributed by atoms with Crippen molar-refractivity contribution in [3.05, 3.63) is 54.1 Å². The molecular weight excluding hydrogens is 444 g/mol. The summed E-state index contributed by atoms with van der Waals surface area (Å²) in [7, 11) is -1.74. The molecule has 10 heteroatoms. The lowest BCUT2D eigenvalue weighted by atomic mass is 10.1. The molecule has 0 spiro atoms. The Morgan fingerprint density at radius 2 is 1.55 bits per heavy atom. The van der Waals surface area contributed by atoms with E-state index in [1.165, 1.54) is 21.3 Å². The molecule has 2 saturated heterocycles. The molecular formula is C23H26N4O5S. The van der Waals surface area contributed by atoms with Crippen LogP contribution in [0.4, 0.5) is 11.4 Å². The van der Waals surface area contributed by atoms with Gasteiger partial charge in [-0.25, -0.2) is 8.42 Å². The minimum absolute atomic E-state index is 0.0807. The van der Waals surface area contributed by atoms with E-state index in [2.05, 4.69) is 10.2 Å². The monoisotopic (exact) mass is 470 g/mol. The second-order valence-electron chi connectivity index (χ2n) is 8.21. The highest BCUT2D eigenvalue weighted by Crippen LogP contribution is 2.24. The molecule has 0 unspecified atom stereocenters. The van der Waals surface area contributed by atoms with Crippen molar-refractivity contribution in [1.29, 1.82) is 0 Å². The lowest BCUT2D eigenvalue weighted by Crippen LogP contribution is -2.47. The number of imide groups is 1. The van der Waals surface area contributed by atoms with Crippen molar-refractivity contribution < 1.29 is 22.8 Å². The van der Waals surface area contributed by atoms with Crippen molar-refractivity contribution in [2.24, 2.45) is 0 Å². The number of amides is 3. The molecule has 0 aliphatic carbocycles. The molecule has 4 rings (SSSR count). The van der Waals surface area contributed by atoms with Crippen molar-refractivity contribution in [2.45, 2.75) is 24.2 Å². The number of carbonyl (C=O) groups is 3. The Morgan fingerprint density at radius 1 is 0.909 bits per heavy atom. The molecule has 0 aromatic heterocycles. The van der Waals surface area contributed by atoms with E-state index in [0.717, 1.165) is 0 Å². The number of piperazine rings is 1. The number of hydrogen-bond donors (Lipinski definition) is 1. The molecule has 2 aliphatic heterocycles. The molecule has 2 aromatic carbocycles. The predicted octanol–water partition coefficient (Wildman–Crippen LogP) is 1.92. The van der Waals surface area contributed by atoms with E-state index in [4.69, 9.17) is 0 Å². The van der Waals surface area contributed by atoms with Crippen LogP contribution < -0.4 is 10.2 Å². The lowest BCUT2D eigenvalue weighted by molar-refractivity contribution is -0.129. The van der Waals surface area contributed by atoms with Crippen LogP contribution in [-0.4, -0.2) is 68.6 Å². The fourth-order valence-corrected chi connectivity index (χ4v) is 5.38. The first kappa shape index (κ1) is 23.1. The zero-order valence-corrected chi connectivity index (χ0v) is 19.2. The smallest absolute Gasteiger partial charge is 0.255 e. The number of nitrogens with zero attached hydrogens (tertiary/aromatic N) is 3. The third-order valence-electron chi connectivity index (χ3n) is 5.86. The Bertz CT molecular complexity index is 1160. The van der Waals surface area contributed by atoms with Gasteiger partial charge >= 0.3 is 0 Å². The van der Waals surface area contributed by atoms with Crippen molar-refractivity contribution in [2.75, 3.05) is 43.4 Å². The highest BCUT2D eigenvalue weighted by Gasteiger charge is 2.29. The van der Waals surface area contributed by atoms with Gasteiger partial charge in [0.1, 0.15) is 0 Å². The summed E-state index contributed by atoms with van der Waals surface area (Å²) < 4.78 is 27.4. The van der Waals surface area contributed by atoms with E-state index < -0.39 is 15.9 Å². The molecule has 0 saturated carbocycles. The average Bonchev–Trinajstić information content (AvgIpc) is 2.80. The lowest BCUT2D eigenvalue weighted by Gasteiger charge is -2.31. The first-order chi connectivity index (χ1) is 15.8. The van der Waals surface area contributed by atoms with Crippen LogP contribution in [0.15, 0.2) is 53.4 Å². The van der Waals surface area contributed by atoms with Crippen LogP contribution in [-0.2, 0) is 19.6 Å². The Kier molecular flexibility index (Phi) is 6.59. The topological polar surface area (TPSA) is 107 Å². The number of likely N-dealkylation sites (N-methyl/N-ethyl adjacent to an activating group) is 1. The predicted molar refractivity (Wildman–Crippen MR) is 123 cm³/mol. The number of hydrogen-bond acceptors (Lipinski definition) is 6. The number of anilines is 2. The summed E-state index contributed by atoms with van der Waals surface area (Å²) in [4.78, 5) is 40.2. The average molecular weight is 471 g/mol. The van der Waals surface area contributed by atoms with E-state index in [-0.39, 0.29) is 22.3 Å². The fourth-order valence-electron chi connectivity index (χ4n) is 3.91. The number of nitrogens with one attached hydrogen (secondary N) is 1. The number of piperidine rings is 1. The van der Waals surface area contributed by atoms with Gasteiger partial charge in [0, 0.05) is 50.3 Å². The fraction of sp³-hybridized carbons (Fsp3) is 0.348. The zero-order chi connectivity index (χ0) is 23.6. The quantitative estimate of drug-likeness (QED) is 0.669. The highest BCUT2D eigenvalue weighted by molar-refractivity contribution is 7.89. The van der Waals surface area contributed by atoms with Crippen LogP contribution in [0.2, 0.25) is 0 Å². The summed E-state index contributed by atoms with van der Waals surface area (Å²) in [6.45, 7) is 2.13. The largest absolute Gasteiger partial charge is 0.322 e.